The van der Waals surface area contributed by atoms with Gasteiger partial charge in [-0.2, -0.15) is 0 Å². The number of aliphatic hydroxyl groups excluding tert-OH is 1. The summed E-state index contributed by atoms with van der Waals surface area (Å²) >= 11 is 14.3. The number of ether oxygens (including phenoxy) is 3. The van der Waals surface area contributed by atoms with E-state index in [0.717, 1.165) is 37.3 Å². The lowest BCUT2D eigenvalue weighted by Crippen LogP contribution is -2.47. The number of carbonyl (C=O) groups is 1. The van der Waals surface area contributed by atoms with Gasteiger partial charge >= 0.3 is 5.97 Å². The Bertz CT molecular complexity index is 2730. The van der Waals surface area contributed by atoms with E-state index in [0.29, 0.717) is 89.8 Å². The van der Waals surface area contributed by atoms with Crippen molar-refractivity contribution < 1.29 is 33.6 Å². The van der Waals surface area contributed by atoms with Crippen molar-refractivity contribution in [2.24, 2.45) is 0 Å². The maximum absolute atomic E-state index is 14.1. The predicted octanol–water partition coefficient (Wildman–Crippen LogP) is 9.13. The standard InChI is InChI=1S/C48H45Cl2FN6O6S/c1-56-17-19-57(20-18-56)26-37(58)13-7-29-8-14-39(62-27-36-15-16-52-45(55-36)38-5-3-4-6-40(38)61-2)31(21-29)24-41(48(59)60)63-46-43-42(32-22-33(49)25-34(50)23-32)44(64-47(43)54-28-53-46)30-9-11-35(51)12-10-30/h3-6,8-12,14-16,21-23,25,28,37,41,58H,7,13,17-20,24,26-27H2,1-2H3,(H,59,60)/t37-,41-/m1/s1. The molecule has 0 radical (unpaired) electrons. The van der Waals surface area contributed by atoms with Crippen LogP contribution in [0.4, 0.5) is 4.39 Å². The van der Waals surface area contributed by atoms with Gasteiger partial charge in [0.05, 0.1) is 29.9 Å². The third-order valence-electron chi connectivity index (χ3n) is 11.0. The summed E-state index contributed by atoms with van der Waals surface area (Å²) in [5.74, 6) is -0.0621. The number of β-amino-alcohol motifs (C(OH)–C–C–N with tert-alkyl or cyclic N) is 1. The molecule has 0 unspecified atom stereocenters. The van der Waals surface area contributed by atoms with Gasteiger partial charge in [0.15, 0.2) is 5.82 Å². The van der Waals surface area contributed by atoms with Crippen molar-refractivity contribution in [3.05, 3.63) is 136 Å². The van der Waals surface area contributed by atoms with Crippen LogP contribution in [-0.2, 0) is 24.2 Å². The maximum atomic E-state index is 14.1. The molecule has 2 atom stereocenters. The quantitative estimate of drug-likeness (QED) is 0.0900. The van der Waals surface area contributed by atoms with Crippen molar-refractivity contribution >= 4 is 50.7 Å². The summed E-state index contributed by atoms with van der Waals surface area (Å²) in [7, 11) is 3.69. The number of nitrogens with zero attached hydrogens (tertiary/aromatic N) is 6. The molecule has 1 fully saturated rings. The Morgan fingerprint density at radius 1 is 0.906 bits per heavy atom. The molecule has 3 aromatic heterocycles. The van der Waals surface area contributed by atoms with Crippen LogP contribution < -0.4 is 14.2 Å². The molecule has 1 aliphatic heterocycles. The van der Waals surface area contributed by atoms with Gasteiger partial charge in [-0.15, -0.1) is 11.3 Å². The van der Waals surface area contributed by atoms with Crippen molar-refractivity contribution in [1.82, 2.24) is 29.7 Å². The number of hydrogen-bond donors (Lipinski definition) is 2. The predicted molar refractivity (Wildman–Crippen MR) is 247 cm³/mol. The lowest BCUT2D eigenvalue weighted by atomic mass is 9.99. The summed E-state index contributed by atoms with van der Waals surface area (Å²) in [6.07, 6.45) is 1.94. The second-order valence-corrected chi connectivity index (χ2v) is 17.4. The number of methoxy groups -OCH3 is 1. The Balaban J connectivity index is 1.11. The molecule has 7 aromatic rings. The van der Waals surface area contributed by atoms with E-state index in [1.54, 1.807) is 49.7 Å². The molecule has 1 aliphatic rings. The summed E-state index contributed by atoms with van der Waals surface area (Å²) < 4.78 is 32.5. The number of halogens is 3. The molecule has 0 aliphatic carbocycles. The molecule has 4 heterocycles. The van der Waals surface area contributed by atoms with Crippen LogP contribution in [0.5, 0.6) is 17.4 Å². The maximum Gasteiger partial charge on any atom is 0.345 e. The zero-order chi connectivity index (χ0) is 44.7. The lowest BCUT2D eigenvalue weighted by Gasteiger charge is -2.33. The van der Waals surface area contributed by atoms with E-state index in [9.17, 15) is 19.4 Å². The van der Waals surface area contributed by atoms with Gasteiger partial charge in [-0.25, -0.2) is 29.1 Å². The van der Waals surface area contributed by atoms with E-state index < -0.39 is 24.0 Å². The number of likely N-dealkylation sites (N-methyl/N-ethyl adjacent to an activating group) is 1. The fourth-order valence-corrected chi connectivity index (χ4v) is 9.40. The number of benzene rings is 4. The minimum absolute atomic E-state index is 0.0311. The minimum atomic E-state index is -1.44. The van der Waals surface area contributed by atoms with Gasteiger partial charge in [-0.1, -0.05) is 59.6 Å². The highest BCUT2D eigenvalue weighted by molar-refractivity contribution is 7.22. The second kappa shape index (κ2) is 20.4. The molecule has 12 nitrogen and oxygen atoms in total. The summed E-state index contributed by atoms with van der Waals surface area (Å²) in [6.45, 7) is 4.35. The number of thiophene rings is 1. The van der Waals surface area contributed by atoms with E-state index in [1.165, 1.54) is 29.8 Å². The normalized spacial score (nSPS) is 14.3. The van der Waals surface area contributed by atoms with Crippen LogP contribution in [0.15, 0.2) is 104 Å². The lowest BCUT2D eigenvalue weighted by molar-refractivity contribution is -0.145. The Kier molecular flexibility index (Phi) is 14.3. The van der Waals surface area contributed by atoms with Crippen LogP contribution in [0.25, 0.3) is 43.2 Å². The molecule has 0 spiro atoms. The molecule has 0 saturated carbocycles. The topological polar surface area (TPSA) is 143 Å². The van der Waals surface area contributed by atoms with Crippen LogP contribution >= 0.6 is 34.5 Å². The van der Waals surface area contributed by atoms with Gasteiger partial charge in [0.1, 0.15) is 35.1 Å². The Morgan fingerprint density at radius 2 is 1.67 bits per heavy atom. The number of fused-ring (bicyclic) bond motifs is 1. The summed E-state index contributed by atoms with van der Waals surface area (Å²) in [4.78, 5) is 37.2. The van der Waals surface area contributed by atoms with E-state index in [2.05, 4.69) is 31.8 Å². The average Bonchev–Trinajstić information content (AvgIpc) is 3.69. The Labute approximate surface area is 383 Å². The molecule has 2 N–H and O–H groups in total. The number of hydrogen-bond acceptors (Lipinski definition) is 12. The molecular weight excluding hydrogens is 879 g/mol. The fourth-order valence-electron chi connectivity index (χ4n) is 7.72. The fraction of sp³-hybridized carbons (Fsp3) is 0.271. The molecule has 8 rings (SSSR count). The van der Waals surface area contributed by atoms with E-state index >= 15 is 0 Å². The van der Waals surface area contributed by atoms with Gasteiger partial charge in [0.25, 0.3) is 0 Å². The Morgan fingerprint density at radius 3 is 2.42 bits per heavy atom. The Hall–Kier alpha value is -5.74. The van der Waals surface area contributed by atoms with Crippen LogP contribution in [0.2, 0.25) is 10.0 Å². The van der Waals surface area contributed by atoms with Crippen LogP contribution in [0.3, 0.4) is 0 Å². The van der Waals surface area contributed by atoms with Gasteiger partial charge in [0.2, 0.25) is 12.0 Å². The molecule has 64 heavy (non-hydrogen) atoms. The summed E-state index contributed by atoms with van der Waals surface area (Å²) in [5, 5.41) is 23.1. The minimum Gasteiger partial charge on any atom is -0.496 e. The SMILES string of the molecule is COc1ccccc1-c1nccc(COc2ccc(CC[C@@H](O)CN3CCN(C)CC3)cc2C[C@@H](Oc2ncnc3sc(-c4ccc(F)cc4)c(-c4cc(Cl)cc(Cl)c4)c23)C(=O)O)n1. The number of para-hydroxylation sites is 1. The average molecular weight is 924 g/mol. The van der Waals surface area contributed by atoms with Crippen LogP contribution in [-0.4, -0.2) is 105 Å². The highest BCUT2D eigenvalue weighted by Gasteiger charge is 2.28. The first kappa shape index (κ1) is 44.9. The number of rotatable bonds is 17. The van der Waals surface area contributed by atoms with Crippen molar-refractivity contribution in [3.63, 3.8) is 0 Å². The zero-order valence-corrected chi connectivity index (χ0v) is 37.4. The third-order valence-corrected chi connectivity index (χ3v) is 12.6. The first-order valence-corrected chi connectivity index (χ1v) is 22.3. The monoisotopic (exact) mass is 922 g/mol. The van der Waals surface area contributed by atoms with Gasteiger partial charge in [-0.3, -0.25) is 4.90 Å². The molecular formula is C48H45Cl2FN6O6S. The third kappa shape index (κ3) is 10.8. The van der Waals surface area contributed by atoms with E-state index in [-0.39, 0.29) is 18.9 Å². The number of carboxylic acids is 1. The zero-order valence-electron chi connectivity index (χ0n) is 35.1. The summed E-state index contributed by atoms with van der Waals surface area (Å²) in [6, 6.07) is 26.0. The van der Waals surface area contributed by atoms with Gasteiger partial charge < -0.3 is 29.3 Å². The number of piperazine rings is 1. The number of aliphatic hydroxyl groups is 1. The van der Waals surface area contributed by atoms with E-state index in [1.807, 2.05) is 42.5 Å². The van der Waals surface area contributed by atoms with Gasteiger partial charge in [0, 0.05) is 65.8 Å². The molecule has 16 heteroatoms. The van der Waals surface area contributed by atoms with Gasteiger partial charge in [-0.05, 0) is 96.7 Å². The summed E-state index contributed by atoms with van der Waals surface area (Å²) in [5.41, 5.74) is 4.71. The van der Waals surface area contributed by atoms with Crippen molar-refractivity contribution in [3.8, 4) is 50.3 Å². The highest BCUT2D eigenvalue weighted by Crippen LogP contribution is 2.48. The molecule has 330 valence electrons. The number of aliphatic carboxylic acids is 1. The molecule has 0 bridgehead atoms. The van der Waals surface area contributed by atoms with Crippen molar-refractivity contribution in [2.75, 3.05) is 46.9 Å². The first-order chi connectivity index (χ1) is 31.0. The molecule has 0 amide bonds. The van der Waals surface area contributed by atoms with Crippen molar-refractivity contribution in [1.29, 1.82) is 0 Å². The number of carboxylic acid groups (broad SMARTS) is 1. The first-order valence-electron chi connectivity index (χ1n) is 20.7. The second-order valence-electron chi connectivity index (χ2n) is 15.6. The number of aryl methyl sites for hydroxylation is 1. The van der Waals surface area contributed by atoms with Crippen LogP contribution in [0, 0.1) is 5.82 Å². The molecule has 1 saturated heterocycles. The highest BCUT2D eigenvalue weighted by atomic mass is 35.5. The van der Waals surface area contributed by atoms with E-state index in [4.69, 9.17) is 42.4 Å². The van der Waals surface area contributed by atoms with Crippen molar-refractivity contribution in [2.45, 2.75) is 38.1 Å². The smallest absolute Gasteiger partial charge is 0.345 e. The molecule has 4 aromatic carbocycles. The van der Waals surface area contributed by atoms with Crippen LogP contribution in [0.1, 0.15) is 23.2 Å². The number of aromatic nitrogens is 4. The largest absolute Gasteiger partial charge is 0.496 e.